The molecule has 0 radical (unpaired) electrons. The van der Waals surface area contributed by atoms with E-state index < -0.39 is 0 Å². The lowest BCUT2D eigenvalue weighted by molar-refractivity contribution is -0.122. The number of thioether (sulfide) groups is 1. The van der Waals surface area contributed by atoms with Crippen LogP contribution in [-0.4, -0.2) is 43.2 Å². The van der Waals surface area contributed by atoms with Crippen molar-refractivity contribution in [1.82, 2.24) is 15.6 Å². The molecule has 0 bridgehead atoms. The number of pyridine rings is 1. The molecule has 2 aromatic rings. The Labute approximate surface area is 188 Å². The molecular formula is C23H32N6OS. The third-order valence-electron chi connectivity index (χ3n) is 5.55. The average molecular weight is 441 g/mol. The Bertz CT molecular complexity index is 932. The molecule has 0 aliphatic carbocycles. The number of hydrogen-bond donors (Lipinski definition) is 3. The molecule has 1 aliphatic rings. The predicted octanol–water partition coefficient (Wildman–Crippen LogP) is 2.68. The third kappa shape index (κ3) is 6.13. The zero-order valence-corrected chi connectivity index (χ0v) is 19.3. The van der Waals surface area contributed by atoms with Gasteiger partial charge in [-0.3, -0.25) is 9.79 Å². The van der Waals surface area contributed by atoms with Crippen LogP contribution in [0, 0.1) is 12.8 Å². The van der Waals surface area contributed by atoms with Crippen LogP contribution >= 0.6 is 11.8 Å². The van der Waals surface area contributed by atoms with Crippen molar-refractivity contribution in [2.75, 3.05) is 31.3 Å². The number of anilines is 1. The van der Waals surface area contributed by atoms with E-state index in [1.807, 2.05) is 6.07 Å². The number of amides is 1. The molecule has 8 heteroatoms. The molecule has 31 heavy (non-hydrogen) atoms. The zero-order chi connectivity index (χ0) is 22.2. The Morgan fingerprint density at radius 1 is 1.29 bits per heavy atom. The van der Waals surface area contributed by atoms with E-state index >= 15 is 0 Å². The fourth-order valence-corrected chi connectivity index (χ4v) is 4.54. The fraction of sp³-hybridized carbons (Fsp3) is 0.435. The van der Waals surface area contributed by atoms with E-state index in [4.69, 9.17) is 5.73 Å². The molecule has 1 fully saturated rings. The first-order valence-corrected chi connectivity index (χ1v) is 11.8. The predicted molar refractivity (Wildman–Crippen MR) is 128 cm³/mol. The van der Waals surface area contributed by atoms with Crippen LogP contribution in [0.4, 0.5) is 5.82 Å². The number of rotatable bonds is 7. The summed E-state index contributed by atoms with van der Waals surface area (Å²) in [4.78, 5) is 24.1. The minimum absolute atomic E-state index is 0.119. The van der Waals surface area contributed by atoms with Crippen molar-refractivity contribution in [3.63, 3.8) is 0 Å². The van der Waals surface area contributed by atoms with Crippen LogP contribution in [0.3, 0.4) is 0 Å². The maximum Gasteiger partial charge on any atom is 0.222 e. The number of aliphatic imine (C=N–C) groups is 1. The van der Waals surface area contributed by atoms with Gasteiger partial charge in [-0.25, -0.2) is 4.98 Å². The Kier molecular flexibility index (Phi) is 8.17. The number of piperidine rings is 1. The number of carbonyl (C=O) groups excluding carboxylic acids is 1. The van der Waals surface area contributed by atoms with Crippen LogP contribution < -0.4 is 21.3 Å². The summed E-state index contributed by atoms with van der Waals surface area (Å²) >= 11 is 1.75. The van der Waals surface area contributed by atoms with Gasteiger partial charge in [0, 0.05) is 49.9 Å². The molecule has 4 N–H and O–H groups in total. The number of aromatic nitrogens is 1. The van der Waals surface area contributed by atoms with Crippen molar-refractivity contribution in [1.29, 1.82) is 0 Å². The second-order valence-corrected chi connectivity index (χ2v) is 8.62. The molecule has 166 valence electrons. The first kappa shape index (κ1) is 22.9. The first-order valence-electron chi connectivity index (χ1n) is 10.6. The summed E-state index contributed by atoms with van der Waals surface area (Å²) in [6.07, 6.45) is 5.67. The van der Waals surface area contributed by atoms with E-state index in [-0.39, 0.29) is 11.8 Å². The molecule has 1 unspecified atom stereocenters. The number of nitrogens with zero attached hydrogens (tertiary/aromatic N) is 3. The Morgan fingerprint density at radius 3 is 2.77 bits per heavy atom. The number of guanidine groups is 1. The third-order valence-corrected chi connectivity index (χ3v) is 6.37. The van der Waals surface area contributed by atoms with Crippen LogP contribution in [0.2, 0.25) is 0 Å². The molecule has 7 nitrogen and oxygen atoms in total. The lowest BCUT2D eigenvalue weighted by Gasteiger charge is -2.33. The quantitative estimate of drug-likeness (QED) is 0.348. The molecule has 1 saturated heterocycles. The second kappa shape index (κ2) is 11.0. The molecule has 0 saturated carbocycles. The standard InChI is InChI=1S/C23H32N6OS/c1-16-8-9-17(20(12-16)31-3)13-27-23(25-2)28-14-18-6-4-10-26-22(18)29-11-5-7-19(15-29)21(24)30/h4,6,8-10,12,19H,5,7,11,13-15H2,1-3H3,(H2,24,30)(H2,25,27,28). The molecule has 2 heterocycles. The van der Waals surface area contributed by atoms with Gasteiger partial charge in [0.15, 0.2) is 5.96 Å². The minimum atomic E-state index is -0.231. The van der Waals surface area contributed by atoms with Crippen molar-refractivity contribution in [3.8, 4) is 0 Å². The van der Waals surface area contributed by atoms with Crippen molar-refractivity contribution < 1.29 is 4.79 Å². The van der Waals surface area contributed by atoms with Gasteiger partial charge in [0.2, 0.25) is 5.91 Å². The molecule has 1 aromatic heterocycles. The number of carbonyl (C=O) groups is 1. The lowest BCUT2D eigenvalue weighted by atomic mass is 9.97. The SMILES string of the molecule is CN=C(NCc1ccc(C)cc1SC)NCc1cccnc1N1CCCC(C(N)=O)C1. The maximum atomic E-state index is 11.7. The molecular weight excluding hydrogens is 408 g/mol. The van der Waals surface area contributed by atoms with E-state index in [1.54, 1.807) is 25.0 Å². The van der Waals surface area contributed by atoms with Crippen LogP contribution in [0.1, 0.15) is 29.5 Å². The van der Waals surface area contributed by atoms with E-state index in [0.717, 1.165) is 36.7 Å². The van der Waals surface area contributed by atoms with E-state index in [0.29, 0.717) is 19.6 Å². The van der Waals surface area contributed by atoms with Crippen LogP contribution in [0.5, 0.6) is 0 Å². The summed E-state index contributed by atoms with van der Waals surface area (Å²) in [7, 11) is 1.77. The lowest BCUT2D eigenvalue weighted by Crippen LogP contribution is -2.42. The smallest absolute Gasteiger partial charge is 0.222 e. The molecule has 1 aromatic carbocycles. The van der Waals surface area contributed by atoms with Crippen molar-refractivity contribution in [2.24, 2.45) is 16.6 Å². The summed E-state index contributed by atoms with van der Waals surface area (Å²) in [5, 5.41) is 6.79. The Balaban J connectivity index is 1.63. The number of benzene rings is 1. The van der Waals surface area contributed by atoms with Crippen molar-refractivity contribution in [3.05, 3.63) is 53.2 Å². The molecule has 1 amide bonds. The minimum Gasteiger partial charge on any atom is -0.369 e. The van der Waals surface area contributed by atoms with Crippen LogP contribution in [0.15, 0.2) is 46.4 Å². The average Bonchev–Trinajstić information content (AvgIpc) is 2.80. The zero-order valence-electron chi connectivity index (χ0n) is 18.5. The maximum absolute atomic E-state index is 11.7. The largest absolute Gasteiger partial charge is 0.369 e. The monoisotopic (exact) mass is 440 g/mol. The summed E-state index contributed by atoms with van der Waals surface area (Å²) < 4.78 is 0. The Hall–Kier alpha value is -2.74. The summed E-state index contributed by atoms with van der Waals surface area (Å²) in [5.41, 5.74) is 9.12. The van der Waals surface area contributed by atoms with Gasteiger partial charge in [-0.05, 0) is 49.3 Å². The fourth-order valence-electron chi connectivity index (χ4n) is 3.83. The second-order valence-electron chi connectivity index (χ2n) is 7.77. The van der Waals surface area contributed by atoms with Gasteiger partial charge in [-0.2, -0.15) is 0 Å². The van der Waals surface area contributed by atoms with Gasteiger partial charge < -0.3 is 21.3 Å². The molecule has 0 spiro atoms. The highest BCUT2D eigenvalue weighted by Gasteiger charge is 2.26. The summed E-state index contributed by atoms with van der Waals surface area (Å²) in [6, 6.07) is 10.5. The number of nitrogens with one attached hydrogen (secondary N) is 2. The van der Waals surface area contributed by atoms with E-state index in [2.05, 4.69) is 63.0 Å². The summed E-state index contributed by atoms with van der Waals surface area (Å²) in [5.74, 6) is 1.28. The highest BCUT2D eigenvalue weighted by Crippen LogP contribution is 2.24. The number of hydrogen-bond acceptors (Lipinski definition) is 5. The summed E-state index contributed by atoms with van der Waals surface area (Å²) in [6.45, 7) is 4.89. The Morgan fingerprint density at radius 2 is 2.06 bits per heavy atom. The molecule has 3 rings (SSSR count). The van der Waals surface area contributed by atoms with Gasteiger partial charge in [-0.15, -0.1) is 11.8 Å². The van der Waals surface area contributed by atoms with Crippen molar-refractivity contribution >= 4 is 29.4 Å². The van der Waals surface area contributed by atoms with Gasteiger partial charge in [-0.1, -0.05) is 18.2 Å². The van der Waals surface area contributed by atoms with Gasteiger partial charge in [0.05, 0.1) is 5.92 Å². The molecule has 1 aliphatic heterocycles. The van der Waals surface area contributed by atoms with E-state index in [1.165, 1.54) is 16.0 Å². The highest BCUT2D eigenvalue weighted by molar-refractivity contribution is 7.98. The normalized spacial score (nSPS) is 16.8. The van der Waals surface area contributed by atoms with Crippen LogP contribution in [-0.2, 0) is 17.9 Å². The van der Waals surface area contributed by atoms with Crippen molar-refractivity contribution in [2.45, 2.75) is 37.8 Å². The van der Waals surface area contributed by atoms with E-state index in [9.17, 15) is 4.79 Å². The number of primary amides is 1. The van der Waals surface area contributed by atoms with Gasteiger partial charge in [0.1, 0.15) is 5.82 Å². The first-order chi connectivity index (χ1) is 15.0. The highest BCUT2D eigenvalue weighted by atomic mass is 32.2. The van der Waals surface area contributed by atoms with Gasteiger partial charge >= 0.3 is 0 Å². The van der Waals surface area contributed by atoms with Crippen LogP contribution in [0.25, 0.3) is 0 Å². The number of aryl methyl sites for hydroxylation is 1. The topological polar surface area (TPSA) is 95.6 Å². The van der Waals surface area contributed by atoms with Gasteiger partial charge in [0.25, 0.3) is 0 Å². The number of nitrogens with two attached hydrogens (primary N) is 1. The molecule has 1 atom stereocenters.